The van der Waals surface area contributed by atoms with Gasteiger partial charge in [-0.1, -0.05) is 17.8 Å². The fourth-order valence-electron chi connectivity index (χ4n) is 3.07. The van der Waals surface area contributed by atoms with Crippen molar-refractivity contribution in [2.75, 3.05) is 12.3 Å². The Balaban J connectivity index is 1.64. The lowest BCUT2D eigenvalue weighted by Gasteiger charge is -2.14. The predicted octanol–water partition coefficient (Wildman–Crippen LogP) is -0.0877. The van der Waals surface area contributed by atoms with E-state index in [2.05, 4.69) is 24.2 Å². The van der Waals surface area contributed by atoms with Crippen LogP contribution in [0, 0.1) is 0 Å². The number of anilines is 1. The van der Waals surface area contributed by atoms with Gasteiger partial charge in [0, 0.05) is 11.9 Å². The molecule has 31 heavy (non-hydrogen) atoms. The molecule has 0 bridgehead atoms. The van der Waals surface area contributed by atoms with Crippen LogP contribution < -0.4 is 10.9 Å². The number of ether oxygens (including phenoxy) is 1. The molecular formula is C16H18FN7O5S2. The lowest BCUT2D eigenvalue weighted by molar-refractivity contribution is -0.0456. The topological polar surface area (TPSA) is 181 Å². The molecule has 1 fully saturated rings. The maximum absolute atomic E-state index is 14.9. The number of nitrogens with zero attached hydrogens (tertiary/aromatic N) is 5. The first-order valence-electron chi connectivity index (χ1n) is 8.90. The van der Waals surface area contributed by atoms with Gasteiger partial charge in [0.15, 0.2) is 18.0 Å². The van der Waals surface area contributed by atoms with Gasteiger partial charge in [0.05, 0.1) is 17.7 Å². The third-order valence-corrected chi connectivity index (χ3v) is 5.96. The van der Waals surface area contributed by atoms with Crippen molar-refractivity contribution < 1.29 is 26.8 Å². The fourth-order valence-corrected chi connectivity index (χ4v) is 4.33. The third kappa shape index (κ3) is 4.60. The first kappa shape index (κ1) is 21.8. The van der Waals surface area contributed by atoms with Crippen molar-refractivity contribution in [3.8, 4) is 0 Å². The Hall–Kier alpha value is -2.43. The number of halogens is 1. The Bertz CT molecular complexity index is 1180. The van der Waals surface area contributed by atoms with Crippen LogP contribution in [0.15, 0.2) is 35.7 Å². The minimum Gasteiger partial charge on any atom is -0.387 e. The van der Waals surface area contributed by atoms with Crippen molar-refractivity contribution in [2.24, 2.45) is 5.14 Å². The van der Waals surface area contributed by atoms with E-state index in [1.807, 2.05) is 12.1 Å². The summed E-state index contributed by atoms with van der Waals surface area (Å²) in [7, 11) is -4.29. The molecule has 0 saturated carbocycles. The second kappa shape index (κ2) is 8.60. The van der Waals surface area contributed by atoms with E-state index in [1.54, 1.807) is 12.3 Å². The normalized spacial score (nSPS) is 24.1. The van der Waals surface area contributed by atoms with Crippen molar-refractivity contribution >= 4 is 38.9 Å². The molecule has 3 aromatic rings. The van der Waals surface area contributed by atoms with E-state index in [0.29, 0.717) is 16.2 Å². The van der Waals surface area contributed by atoms with E-state index < -0.39 is 41.5 Å². The molecule has 0 radical (unpaired) electrons. The summed E-state index contributed by atoms with van der Waals surface area (Å²) in [6.45, 7) is -0.658. The van der Waals surface area contributed by atoms with Gasteiger partial charge in [-0.05, 0) is 12.1 Å². The van der Waals surface area contributed by atoms with Crippen molar-refractivity contribution in [3.63, 3.8) is 0 Å². The van der Waals surface area contributed by atoms with E-state index in [4.69, 9.17) is 15.6 Å². The number of aromatic nitrogens is 5. The second-order valence-electron chi connectivity index (χ2n) is 6.59. The van der Waals surface area contributed by atoms with Gasteiger partial charge in [-0.25, -0.2) is 24.2 Å². The Labute approximate surface area is 180 Å². The number of nitrogen functional groups attached to an aromatic ring is 1. The van der Waals surface area contributed by atoms with Gasteiger partial charge in [-0.15, -0.1) is 0 Å². The molecule has 166 valence electrons. The number of aliphatic hydroxyl groups is 1. The van der Waals surface area contributed by atoms with Gasteiger partial charge in [0.25, 0.3) is 0 Å². The van der Waals surface area contributed by atoms with Gasteiger partial charge in [0.2, 0.25) is 0 Å². The first-order chi connectivity index (χ1) is 14.7. The first-order valence-corrected chi connectivity index (χ1v) is 11.4. The van der Waals surface area contributed by atoms with Gasteiger partial charge in [-0.3, -0.25) is 9.17 Å². The van der Waals surface area contributed by atoms with Crippen molar-refractivity contribution in [1.82, 2.24) is 24.7 Å². The summed E-state index contributed by atoms with van der Waals surface area (Å²) in [5.41, 5.74) is 7.00. The maximum atomic E-state index is 14.9. The van der Waals surface area contributed by atoms with Crippen LogP contribution in [0.3, 0.4) is 0 Å². The SMILES string of the molecule is Nc1ncnc2c1c(SCc1ccccn1)nn2[C@@H]1O[C@H](COS(N)(=O)=O)[C@@H](O)[C@@H]1F. The third-order valence-electron chi connectivity index (χ3n) is 4.50. The number of pyridine rings is 1. The molecule has 15 heteroatoms. The number of nitrogens with two attached hydrogens (primary N) is 2. The molecule has 0 aliphatic carbocycles. The van der Waals surface area contributed by atoms with Gasteiger partial charge in [0.1, 0.15) is 29.4 Å². The predicted molar refractivity (Wildman–Crippen MR) is 107 cm³/mol. The molecule has 5 N–H and O–H groups in total. The van der Waals surface area contributed by atoms with Crippen LogP contribution in [0.1, 0.15) is 11.9 Å². The average molecular weight is 471 g/mol. The van der Waals surface area contributed by atoms with Crippen LogP contribution in [0.2, 0.25) is 0 Å². The summed E-state index contributed by atoms with van der Waals surface area (Å²) in [4.78, 5) is 12.3. The molecule has 0 unspecified atom stereocenters. The van der Waals surface area contributed by atoms with Crippen molar-refractivity contribution in [1.29, 1.82) is 0 Å². The number of alkyl halides is 1. The number of fused-ring (bicyclic) bond motifs is 1. The highest BCUT2D eigenvalue weighted by Gasteiger charge is 2.47. The minimum atomic E-state index is -4.29. The quantitative estimate of drug-likeness (QED) is 0.392. The Morgan fingerprint density at radius 3 is 2.84 bits per heavy atom. The molecule has 1 aliphatic heterocycles. The fraction of sp³-hybridized carbons (Fsp3) is 0.375. The highest BCUT2D eigenvalue weighted by molar-refractivity contribution is 7.98. The van der Waals surface area contributed by atoms with Crippen LogP contribution in [0.25, 0.3) is 11.0 Å². The number of aliphatic hydroxyl groups excluding tert-OH is 1. The van der Waals surface area contributed by atoms with Crippen LogP contribution in [-0.2, 0) is 25.0 Å². The molecule has 0 spiro atoms. The molecule has 4 atom stereocenters. The van der Waals surface area contributed by atoms with Crippen LogP contribution in [0.5, 0.6) is 0 Å². The smallest absolute Gasteiger partial charge is 0.333 e. The number of rotatable bonds is 7. The molecular weight excluding hydrogens is 453 g/mol. The largest absolute Gasteiger partial charge is 0.387 e. The molecule has 4 rings (SSSR count). The zero-order valence-electron chi connectivity index (χ0n) is 15.8. The Morgan fingerprint density at radius 1 is 1.32 bits per heavy atom. The van der Waals surface area contributed by atoms with Gasteiger partial charge in [-0.2, -0.15) is 13.5 Å². The average Bonchev–Trinajstić information content (AvgIpc) is 3.24. The summed E-state index contributed by atoms with van der Waals surface area (Å²) >= 11 is 1.30. The zero-order valence-corrected chi connectivity index (χ0v) is 17.4. The van der Waals surface area contributed by atoms with Crippen LogP contribution >= 0.6 is 11.8 Å². The van der Waals surface area contributed by atoms with E-state index in [1.165, 1.54) is 18.1 Å². The molecule has 0 aromatic carbocycles. The maximum Gasteiger partial charge on any atom is 0.333 e. The Kier molecular flexibility index (Phi) is 6.05. The van der Waals surface area contributed by atoms with Crippen LogP contribution in [-0.4, -0.2) is 63.2 Å². The lowest BCUT2D eigenvalue weighted by Crippen LogP contribution is -2.33. The van der Waals surface area contributed by atoms with E-state index >= 15 is 0 Å². The number of hydrogen-bond acceptors (Lipinski definition) is 11. The summed E-state index contributed by atoms with van der Waals surface area (Å²) < 4.78 is 47.9. The van der Waals surface area contributed by atoms with Crippen LogP contribution in [0.4, 0.5) is 10.2 Å². The second-order valence-corrected chi connectivity index (χ2v) is 8.78. The number of hydrogen-bond donors (Lipinski definition) is 3. The molecule has 4 heterocycles. The molecule has 0 amide bonds. The monoisotopic (exact) mass is 471 g/mol. The van der Waals surface area contributed by atoms with Crippen molar-refractivity contribution in [2.45, 2.75) is 35.4 Å². The molecule has 12 nitrogen and oxygen atoms in total. The summed E-state index contributed by atoms with van der Waals surface area (Å²) in [6, 6.07) is 5.49. The van der Waals surface area contributed by atoms with E-state index in [0.717, 1.165) is 10.4 Å². The molecule has 1 aliphatic rings. The van der Waals surface area contributed by atoms with Gasteiger partial charge < -0.3 is 15.6 Å². The molecule has 3 aromatic heterocycles. The zero-order chi connectivity index (χ0) is 22.2. The molecule has 1 saturated heterocycles. The van der Waals surface area contributed by atoms with E-state index in [9.17, 15) is 17.9 Å². The number of thioether (sulfide) groups is 1. The van der Waals surface area contributed by atoms with Gasteiger partial charge >= 0.3 is 10.3 Å². The van der Waals surface area contributed by atoms with E-state index in [-0.39, 0.29) is 11.5 Å². The summed E-state index contributed by atoms with van der Waals surface area (Å²) in [5, 5.41) is 20.1. The lowest BCUT2D eigenvalue weighted by atomic mass is 10.1. The summed E-state index contributed by atoms with van der Waals surface area (Å²) in [6.07, 6.45) is -3.44. The highest BCUT2D eigenvalue weighted by atomic mass is 32.2. The van der Waals surface area contributed by atoms with Crippen molar-refractivity contribution in [3.05, 3.63) is 36.4 Å². The summed E-state index contributed by atoms with van der Waals surface area (Å²) in [5.74, 6) is 0.599. The minimum absolute atomic E-state index is 0.142. The Morgan fingerprint density at radius 2 is 2.13 bits per heavy atom. The standard InChI is InChI=1S/C16H18FN7O5S2/c17-11-12(25)9(5-28-31(19,26)27)29-16(11)24-14-10(13(18)21-7-22-14)15(23-24)30-6-8-3-1-2-4-20-8/h1-4,7,9,11-12,16,25H,5-6H2,(H2,18,21,22)(H2,19,26,27)/t9-,11+,12-,16-/m1/s1. The highest BCUT2D eigenvalue weighted by Crippen LogP contribution is 2.37.